The lowest BCUT2D eigenvalue weighted by Crippen LogP contribution is -2.35. The van der Waals surface area contributed by atoms with Crippen molar-refractivity contribution in [2.24, 2.45) is 0 Å². The molecule has 2 aromatic rings. The second kappa shape index (κ2) is 7.80. The number of fused-ring (bicyclic) bond motifs is 1. The summed E-state index contributed by atoms with van der Waals surface area (Å²) >= 11 is 1.61. The van der Waals surface area contributed by atoms with Gasteiger partial charge in [-0.25, -0.2) is 4.98 Å². The minimum absolute atomic E-state index is 0.0226. The van der Waals surface area contributed by atoms with E-state index in [0.717, 1.165) is 51.8 Å². The predicted octanol–water partition coefficient (Wildman–Crippen LogP) is 3.29. The van der Waals surface area contributed by atoms with E-state index in [1.54, 1.807) is 21.6 Å². The van der Waals surface area contributed by atoms with E-state index in [9.17, 15) is 9.59 Å². The van der Waals surface area contributed by atoms with Gasteiger partial charge in [-0.1, -0.05) is 36.4 Å². The highest BCUT2D eigenvalue weighted by atomic mass is 32.2. The summed E-state index contributed by atoms with van der Waals surface area (Å²) in [5.41, 5.74) is 3.89. The van der Waals surface area contributed by atoms with Gasteiger partial charge in [0, 0.05) is 42.6 Å². The number of carbonyl (C=O) groups is 2. The number of allylic oxidation sites excluding steroid dienone is 1. The number of imidazole rings is 1. The van der Waals surface area contributed by atoms with E-state index < -0.39 is 0 Å². The van der Waals surface area contributed by atoms with Crippen LogP contribution in [0.1, 0.15) is 24.4 Å². The lowest BCUT2D eigenvalue weighted by molar-refractivity contribution is -0.129. The number of carbonyl (C=O) groups excluding carboxylic acids is 2. The van der Waals surface area contributed by atoms with Gasteiger partial charge < -0.3 is 14.4 Å². The first-order valence-electron chi connectivity index (χ1n) is 10.4. The van der Waals surface area contributed by atoms with Crippen LogP contribution in [0.3, 0.4) is 0 Å². The molecule has 0 aliphatic carbocycles. The molecule has 0 spiro atoms. The highest BCUT2D eigenvalue weighted by Gasteiger charge is 2.32. The van der Waals surface area contributed by atoms with Crippen LogP contribution in [0.2, 0.25) is 0 Å². The minimum Gasteiger partial charge on any atom is -0.319 e. The Bertz CT molecular complexity index is 1070. The second-order valence-electron chi connectivity index (χ2n) is 7.84. The van der Waals surface area contributed by atoms with Gasteiger partial charge in [0.2, 0.25) is 0 Å². The van der Waals surface area contributed by atoms with Gasteiger partial charge in [0.15, 0.2) is 0 Å². The highest BCUT2D eigenvalue weighted by molar-refractivity contribution is 8.04. The fourth-order valence-electron chi connectivity index (χ4n) is 4.34. The maximum Gasteiger partial charge on any atom is 0.261 e. The van der Waals surface area contributed by atoms with Crippen molar-refractivity contribution >= 4 is 29.8 Å². The molecule has 154 valence electrons. The van der Waals surface area contributed by atoms with Gasteiger partial charge in [-0.05, 0) is 19.8 Å². The van der Waals surface area contributed by atoms with Crippen LogP contribution in [-0.4, -0.2) is 56.7 Å². The number of amides is 2. The Morgan fingerprint density at radius 2 is 1.80 bits per heavy atom. The minimum atomic E-state index is 0.0226. The fourth-order valence-corrected chi connectivity index (χ4v) is 5.28. The van der Waals surface area contributed by atoms with Crippen molar-refractivity contribution < 1.29 is 9.59 Å². The van der Waals surface area contributed by atoms with Crippen molar-refractivity contribution in [3.05, 3.63) is 58.4 Å². The molecule has 0 bridgehead atoms. The monoisotopic (exact) mass is 420 g/mol. The van der Waals surface area contributed by atoms with E-state index in [1.807, 2.05) is 37.4 Å². The topological polar surface area (TPSA) is 58.4 Å². The largest absolute Gasteiger partial charge is 0.319 e. The first kappa shape index (κ1) is 19.2. The van der Waals surface area contributed by atoms with E-state index in [2.05, 4.69) is 16.7 Å². The standard InChI is InChI=1S/C23H24N4O2S/c1-16-21(17-6-3-2-4-7-17)27-14-18(9-10-20(27)24-16)22(28)25-11-12-26(15-25)23(29)19-8-5-13-30-19/h2-4,6-8,14H,5,9-13,15H2,1H3. The van der Waals surface area contributed by atoms with Crippen LogP contribution >= 0.6 is 11.8 Å². The summed E-state index contributed by atoms with van der Waals surface area (Å²) in [5.74, 6) is 2.05. The van der Waals surface area contributed by atoms with Crippen molar-refractivity contribution in [2.75, 3.05) is 25.5 Å². The zero-order valence-electron chi connectivity index (χ0n) is 17.0. The van der Waals surface area contributed by atoms with Gasteiger partial charge in [0.1, 0.15) is 5.82 Å². The molecule has 0 radical (unpaired) electrons. The third kappa shape index (κ3) is 3.37. The average Bonchev–Trinajstić information content (AvgIpc) is 3.52. The van der Waals surface area contributed by atoms with Gasteiger partial charge in [0.25, 0.3) is 11.8 Å². The maximum atomic E-state index is 13.2. The Hall–Kier alpha value is -2.80. The molecule has 3 aliphatic heterocycles. The summed E-state index contributed by atoms with van der Waals surface area (Å²) in [4.78, 5) is 35.0. The van der Waals surface area contributed by atoms with E-state index in [0.29, 0.717) is 26.2 Å². The van der Waals surface area contributed by atoms with Crippen LogP contribution in [0.15, 0.2) is 46.9 Å². The van der Waals surface area contributed by atoms with Gasteiger partial charge in [0.05, 0.1) is 23.0 Å². The normalized spacial score (nSPS) is 18.3. The van der Waals surface area contributed by atoms with Crippen molar-refractivity contribution in [3.63, 3.8) is 0 Å². The summed E-state index contributed by atoms with van der Waals surface area (Å²) in [6, 6.07) is 10.2. The molecule has 1 fully saturated rings. The molecular formula is C23H24N4O2S. The lowest BCUT2D eigenvalue weighted by Gasteiger charge is -2.22. The van der Waals surface area contributed by atoms with Crippen LogP contribution in [0.25, 0.3) is 17.5 Å². The third-order valence-corrected chi connectivity index (χ3v) is 6.95. The van der Waals surface area contributed by atoms with Crippen molar-refractivity contribution in [1.29, 1.82) is 0 Å². The van der Waals surface area contributed by atoms with Crippen LogP contribution in [-0.2, 0) is 16.0 Å². The molecule has 0 atom stereocenters. The summed E-state index contributed by atoms with van der Waals surface area (Å²) < 4.78 is 2.07. The molecule has 1 saturated heterocycles. The van der Waals surface area contributed by atoms with Gasteiger partial charge in [-0.2, -0.15) is 0 Å². The Morgan fingerprint density at radius 1 is 1.03 bits per heavy atom. The van der Waals surface area contributed by atoms with Crippen molar-refractivity contribution in [1.82, 2.24) is 19.4 Å². The average molecular weight is 421 g/mol. The molecule has 1 aromatic heterocycles. The zero-order chi connectivity index (χ0) is 20.7. The molecule has 0 saturated carbocycles. The van der Waals surface area contributed by atoms with E-state index in [1.165, 1.54) is 0 Å². The summed E-state index contributed by atoms with van der Waals surface area (Å²) in [6.45, 7) is 3.57. The molecule has 2 amide bonds. The van der Waals surface area contributed by atoms with Gasteiger partial charge >= 0.3 is 0 Å². The molecule has 7 heteroatoms. The van der Waals surface area contributed by atoms with Crippen LogP contribution in [0.4, 0.5) is 0 Å². The van der Waals surface area contributed by atoms with Crippen LogP contribution in [0.5, 0.6) is 0 Å². The molecule has 0 N–H and O–H groups in total. The van der Waals surface area contributed by atoms with Crippen LogP contribution in [0, 0.1) is 6.92 Å². The fraction of sp³-hybridized carbons (Fsp3) is 0.348. The molecule has 0 unspecified atom stereocenters. The highest BCUT2D eigenvalue weighted by Crippen LogP contribution is 2.31. The van der Waals surface area contributed by atoms with E-state index in [-0.39, 0.29) is 11.8 Å². The number of rotatable bonds is 3. The number of nitrogens with zero attached hydrogens (tertiary/aromatic N) is 4. The quantitative estimate of drug-likeness (QED) is 0.765. The molecule has 3 aliphatic rings. The van der Waals surface area contributed by atoms with E-state index in [4.69, 9.17) is 4.98 Å². The number of aryl methyl sites for hydroxylation is 2. The van der Waals surface area contributed by atoms with Crippen molar-refractivity contribution in [3.8, 4) is 11.3 Å². The smallest absolute Gasteiger partial charge is 0.261 e. The predicted molar refractivity (Wildman–Crippen MR) is 118 cm³/mol. The maximum absolute atomic E-state index is 13.2. The zero-order valence-corrected chi connectivity index (χ0v) is 17.8. The Kier molecular flexibility index (Phi) is 4.98. The SMILES string of the molecule is Cc1nc2n(c1-c1ccccc1)C=C(C(=O)N1CCN(C(=O)C3=CCCS3)C1)CC2. The summed E-state index contributed by atoms with van der Waals surface area (Å²) in [6.07, 6.45) is 6.32. The first-order valence-corrected chi connectivity index (χ1v) is 11.4. The number of hydrogen-bond acceptors (Lipinski definition) is 4. The number of thioether (sulfide) groups is 1. The third-order valence-electron chi connectivity index (χ3n) is 5.85. The Labute approximate surface area is 180 Å². The molecule has 30 heavy (non-hydrogen) atoms. The number of aromatic nitrogens is 2. The van der Waals surface area contributed by atoms with Crippen molar-refractivity contribution in [2.45, 2.75) is 26.2 Å². The Morgan fingerprint density at radius 3 is 2.53 bits per heavy atom. The van der Waals surface area contributed by atoms with Crippen LogP contribution < -0.4 is 0 Å². The molecular weight excluding hydrogens is 396 g/mol. The number of benzene rings is 1. The molecule has 6 nitrogen and oxygen atoms in total. The second-order valence-corrected chi connectivity index (χ2v) is 8.97. The Balaban J connectivity index is 1.37. The van der Waals surface area contributed by atoms with Gasteiger partial charge in [-0.3, -0.25) is 9.59 Å². The molecule has 1 aromatic carbocycles. The molecule has 4 heterocycles. The van der Waals surface area contributed by atoms with E-state index >= 15 is 0 Å². The lowest BCUT2D eigenvalue weighted by atomic mass is 10.1. The number of hydrogen-bond donors (Lipinski definition) is 0. The van der Waals surface area contributed by atoms with Gasteiger partial charge in [-0.15, -0.1) is 11.8 Å². The molecule has 5 rings (SSSR count). The summed E-state index contributed by atoms with van der Waals surface area (Å²) in [7, 11) is 0. The first-order chi connectivity index (χ1) is 14.6. The summed E-state index contributed by atoms with van der Waals surface area (Å²) in [5, 5.41) is 0.